The Morgan fingerprint density at radius 2 is 2.17 bits per heavy atom. The maximum Gasteiger partial charge on any atom is 0.282 e. The van der Waals surface area contributed by atoms with Crippen LogP contribution in [0.5, 0.6) is 0 Å². The van der Waals surface area contributed by atoms with Crippen LogP contribution in [0.2, 0.25) is 0 Å². The minimum atomic E-state index is -0.203. The molecule has 18 heavy (non-hydrogen) atoms. The molecule has 0 aliphatic carbocycles. The number of hydrogen-bond acceptors (Lipinski definition) is 4. The van der Waals surface area contributed by atoms with Gasteiger partial charge < -0.3 is 10.6 Å². The topological polar surface area (TPSA) is 76.0 Å². The van der Waals surface area contributed by atoms with E-state index in [0.29, 0.717) is 23.2 Å². The third-order valence-electron chi connectivity index (χ3n) is 2.34. The van der Waals surface area contributed by atoms with Crippen LogP contribution in [0.1, 0.15) is 13.8 Å². The Labute approximate surface area is 114 Å². The molecule has 6 nitrogen and oxygen atoms in total. The van der Waals surface area contributed by atoms with Crippen molar-refractivity contribution in [2.75, 3.05) is 18.4 Å². The predicted octanol–water partition coefficient (Wildman–Crippen LogP) is 0.727. The molecule has 0 aliphatic heterocycles. The minimum absolute atomic E-state index is 0.0120. The van der Waals surface area contributed by atoms with E-state index in [4.69, 9.17) is 0 Å². The Balaban J connectivity index is 2.48. The van der Waals surface area contributed by atoms with Crippen molar-refractivity contribution in [3.63, 3.8) is 0 Å². The van der Waals surface area contributed by atoms with Crippen LogP contribution in [-0.4, -0.2) is 28.8 Å². The van der Waals surface area contributed by atoms with Crippen LogP contribution in [0.25, 0.3) is 0 Å². The van der Waals surface area contributed by atoms with Crippen LogP contribution >= 0.6 is 15.9 Å². The SMILES string of the molecule is CC(C)C(=O)NCCNc1cnn(C)c(=O)c1Br. The number of hydrogen-bond donors (Lipinski definition) is 2. The molecule has 2 N–H and O–H groups in total. The minimum Gasteiger partial charge on any atom is -0.381 e. The summed E-state index contributed by atoms with van der Waals surface area (Å²) in [4.78, 5) is 22.9. The van der Waals surface area contributed by atoms with Crippen molar-refractivity contribution in [2.45, 2.75) is 13.8 Å². The molecule has 0 fully saturated rings. The highest BCUT2D eigenvalue weighted by molar-refractivity contribution is 9.10. The van der Waals surface area contributed by atoms with Gasteiger partial charge >= 0.3 is 0 Å². The lowest BCUT2D eigenvalue weighted by Crippen LogP contribution is -2.32. The summed E-state index contributed by atoms with van der Waals surface area (Å²) in [6, 6.07) is 0. The molecule has 0 spiro atoms. The summed E-state index contributed by atoms with van der Waals surface area (Å²) in [6.45, 7) is 4.71. The van der Waals surface area contributed by atoms with Crippen molar-refractivity contribution < 1.29 is 4.79 Å². The van der Waals surface area contributed by atoms with Gasteiger partial charge in [0.2, 0.25) is 5.91 Å². The van der Waals surface area contributed by atoms with Crippen LogP contribution in [0.4, 0.5) is 5.69 Å². The monoisotopic (exact) mass is 316 g/mol. The number of anilines is 1. The highest BCUT2D eigenvalue weighted by Crippen LogP contribution is 2.14. The summed E-state index contributed by atoms with van der Waals surface area (Å²) in [5.41, 5.74) is 0.420. The van der Waals surface area contributed by atoms with Crippen LogP contribution in [0, 0.1) is 5.92 Å². The van der Waals surface area contributed by atoms with Crippen LogP contribution in [-0.2, 0) is 11.8 Å². The normalized spacial score (nSPS) is 10.5. The molecule has 0 saturated carbocycles. The summed E-state index contributed by atoms with van der Waals surface area (Å²) in [5.74, 6) is -0.0135. The molecule has 0 saturated heterocycles. The van der Waals surface area contributed by atoms with Gasteiger partial charge in [0.1, 0.15) is 4.47 Å². The lowest BCUT2D eigenvalue weighted by Gasteiger charge is -2.10. The second-order valence-electron chi connectivity index (χ2n) is 4.17. The van der Waals surface area contributed by atoms with Gasteiger partial charge in [-0.3, -0.25) is 9.59 Å². The van der Waals surface area contributed by atoms with Gasteiger partial charge in [0.05, 0.1) is 11.9 Å². The van der Waals surface area contributed by atoms with Crippen molar-refractivity contribution in [3.05, 3.63) is 21.0 Å². The second kappa shape index (κ2) is 6.53. The standard InChI is InChI=1S/C11H17BrN4O2/c1-7(2)10(17)14-5-4-13-8-6-15-16(3)11(18)9(8)12/h6-7,13H,4-5H2,1-3H3,(H,14,17). The number of halogens is 1. The van der Waals surface area contributed by atoms with Crippen molar-refractivity contribution in [2.24, 2.45) is 13.0 Å². The Morgan fingerprint density at radius 3 is 2.78 bits per heavy atom. The van der Waals surface area contributed by atoms with Crippen molar-refractivity contribution >= 4 is 27.5 Å². The predicted molar refractivity (Wildman–Crippen MR) is 73.5 cm³/mol. The average molecular weight is 317 g/mol. The van der Waals surface area contributed by atoms with E-state index >= 15 is 0 Å². The van der Waals surface area contributed by atoms with Crippen molar-refractivity contribution in [1.29, 1.82) is 0 Å². The van der Waals surface area contributed by atoms with Gasteiger partial charge in [-0.15, -0.1) is 0 Å². The van der Waals surface area contributed by atoms with Gasteiger partial charge in [0.25, 0.3) is 5.56 Å². The highest BCUT2D eigenvalue weighted by Gasteiger charge is 2.07. The van der Waals surface area contributed by atoms with Gasteiger partial charge in [-0.2, -0.15) is 5.10 Å². The molecule has 7 heteroatoms. The molecule has 1 aromatic rings. The van der Waals surface area contributed by atoms with E-state index in [1.165, 1.54) is 4.68 Å². The number of carbonyl (C=O) groups excluding carboxylic acids is 1. The molecule has 0 aliphatic rings. The third kappa shape index (κ3) is 3.83. The Kier molecular flexibility index (Phi) is 5.33. The van der Waals surface area contributed by atoms with Crippen molar-refractivity contribution in [3.8, 4) is 0 Å². The maximum absolute atomic E-state index is 11.6. The number of amides is 1. The maximum atomic E-state index is 11.6. The van der Waals surface area contributed by atoms with Crippen LogP contribution in [0.15, 0.2) is 15.5 Å². The quantitative estimate of drug-likeness (QED) is 0.785. The highest BCUT2D eigenvalue weighted by atomic mass is 79.9. The fraction of sp³-hybridized carbons (Fsp3) is 0.545. The van der Waals surface area contributed by atoms with E-state index in [2.05, 4.69) is 31.7 Å². The molecule has 0 unspecified atom stereocenters. The molecular formula is C11H17BrN4O2. The van der Waals surface area contributed by atoms with E-state index in [1.54, 1.807) is 13.2 Å². The van der Waals surface area contributed by atoms with Gasteiger partial charge in [-0.25, -0.2) is 4.68 Å². The molecule has 0 aromatic carbocycles. The molecule has 0 bridgehead atoms. The fourth-order valence-corrected chi connectivity index (χ4v) is 1.72. The van der Waals surface area contributed by atoms with E-state index in [9.17, 15) is 9.59 Å². The van der Waals surface area contributed by atoms with E-state index in [0.717, 1.165) is 0 Å². The Hall–Kier alpha value is -1.37. The lowest BCUT2D eigenvalue weighted by atomic mass is 10.2. The molecule has 1 amide bonds. The number of rotatable bonds is 5. The van der Waals surface area contributed by atoms with Gasteiger partial charge in [-0.05, 0) is 15.9 Å². The van der Waals surface area contributed by atoms with Crippen molar-refractivity contribution in [1.82, 2.24) is 15.1 Å². The second-order valence-corrected chi connectivity index (χ2v) is 4.97. The molecule has 1 aromatic heterocycles. The zero-order valence-corrected chi connectivity index (χ0v) is 12.2. The third-order valence-corrected chi connectivity index (χ3v) is 3.11. The number of nitrogens with one attached hydrogen (secondary N) is 2. The Bertz CT molecular complexity index is 484. The first-order chi connectivity index (χ1) is 8.43. The summed E-state index contributed by atoms with van der Waals surface area (Å²) in [6.07, 6.45) is 1.57. The van der Waals surface area contributed by atoms with E-state index in [-0.39, 0.29) is 17.4 Å². The number of aromatic nitrogens is 2. The number of aryl methyl sites for hydroxylation is 1. The molecule has 100 valence electrons. The molecular weight excluding hydrogens is 300 g/mol. The first-order valence-corrected chi connectivity index (χ1v) is 6.46. The molecule has 1 rings (SSSR count). The first kappa shape index (κ1) is 14.7. The van der Waals surface area contributed by atoms with E-state index < -0.39 is 0 Å². The first-order valence-electron chi connectivity index (χ1n) is 5.67. The van der Waals surface area contributed by atoms with Gasteiger partial charge in [0.15, 0.2) is 0 Å². The zero-order valence-electron chi connectivity index (χ0n) is 10.7. The number of nitrogens with zero attached hydrogens (tertiary/aromatic N) is 2. The molecule has 0 radical (unpaired) electrons. The average Bonchev–Trinajstić information content (AvgIpc) is 2.33. The molecule has 0 atom stereocenters. The van der Waals surface area contributed by atoms with Crippen LogP contribution < -0.4 is 16.2 Å². The van der Waals surface area contributed by atoms with Gasteiger partial charge in [0, 0.05) is 26.1 Å². The summed E-state index contributed by atoms with van der Waals surface area (Å²) in [7, 11) is 1.58. The summed E-state index contributed by atoms with van der Waals surface area (Å²) < 4.78 is 1.69. The zero-order chi connectivity index (χ0) is 13.7. The largest absolute Gasteiger partial charge is 0.381 e. The van der Waals surface area contributed by atoms with Crippen LogP contribution in [0.3, 0.4) is 0 Å². The fourth-order valence-electron chi connectivity index (χ4n) is 1.22. The molecule has 1 heterocycles. The summed E-state index contributed by atoms with van der Waals surface area (Å²) >= 11 is 3.21. The lowest BCUT2D eigenvalue weighted by molar-refractivity contribution is -0.123. The smallest absolute Gasteiger partial charge is 0.282 e. The van der Waals surface area contributed by atoms with Gasteiger partial charge in [-0.1, -0.05) is 13.8 Å². The Morgan fingerprint density at radius 1 is 1.50 bits per heavy atom. The summed E-state index contributed by atoms with van der Waals surface area (Å²) in [5, 5.41) is 9.72. The van der Waals surface area contributed by atoms with E-state index in [1.807, 2.05) is 13.8 Å². The number of carbonyl (C=O) groups is 1.